The van der Waals surface area contributed by atoms with Crippen LogP contribution in [0.2, 0.25) is 0 Å². The van der Waals surface area contributed by atoms with Crippen molar-refractivity contribution in [3.8, 4) is 0 Å². The molecule has 1 aliphatic rings. The minimum Gasteiger partial charge on any atom is -0.444 e. The molecule has 1 heterocycles. The summed E-state index contributed by atoms with van der Waals surface area (Å²) < 4.78 is 5.33. The van der Waals surface area contributed by atoms with Gasteiger partial charge in [0, 0.05) is 31.5 Å². The topological polar surface area (TPSA) is 58.6 Å². The van der Waals surface area contributed by atoms with Crippen LogP contribution in [0.3, 0.4) is 0 Å². The number of rotatable bonds is 5. The number of alkyl carbamates (subject to hydrolysis) is 1. The predicted molar refractivity (Wildman–Crippen MR) is 93.4 cm³/mol. The molecule has 1 N–H and O–H groups in total. The monoisotopic (exact) mass is 332 g/mol. The molecule has 2 amide bonds. The summed E-state index contributed by atoms with van der Waals surface area (Å²) in [6.45, 7) is 8.84. The summed E-state index contributed by atoms with van der Waals surface area (Å²) in [5, 5.41) is 2.93. The Labute approximate surface area is 144 Å². The molecule has 132 valence electrons. The molecule has 1 saturated heterocycles. The molecule has 0 spiro atoms. The van der Waals surface area contributed by atoms with Gasteiger partial charge in [-0.3, -0.25) is 4.79 Å². The van der Waals surface area contributed by atoms with Crippen LogP contribution in [-0.2, 0) is 16.1 Å². The molecule has 0 radical (unpaired) electrons. The molecule has 5 nitrogen and oxygen atoms in total. The standard InChI is InChI=1S/C19H28N2O3/c1-5-16(20-18(23)24-19(2,3)4)15-11-17(22)21(13-15)12-14-9-7-6-8-10-14/h6-10,15-16H,5,11-13H2,1-4H3,(H,20,23)/t15-,16-/m0/s1. The van der Waals surface area contributed by atoms with Crippen LogP contribution in [0, 0.1) is 5.92 Å². The van der Waals surface area contributed by atoms with Gasteiger partial charge in [0.2, 0.25) is 5.91 Å². The first kappa shape index (κ1) is 18.3. The molecule has 1 aliphatic heterocycles. The first-order valence-electron chi connectivity index (χ1n) is 8.59. The first-order valence-corrected chi connectivity index (χ1v) is 8.59. The summed E-state index contributed by atoms with van der Waals surface area (Å²) in [5.74, 6) is 0.270. The van der Waals surface area contributed by atoms with Gasteiger partial charge in [-0.1, -0.05) is 37.3 Å². The molecular formula is C19H28N2O3. The van der Waals surface area contributed by atoms with E-state index < -0.39 is 11.7 Å². The maximum absolute atomic E-state index is 12.3. The van der Waals surface area contributed by atoms with Crippen LogP contribution in [0.5, 0.6) is 0 Å². The Morgan fingerprint density at radius 1 is 1.33 bits per heavy atom. The Hall–Kier alpha value is -2.04. The summed E-state index contributed by atoms with van der Waals surface area (Å²) in [6.07, 6.45) is 0.834. The Kier molecular flexibility index (Phi) is 5.86. The van der Waals surface area contributed by atoms with Gasteiger partial charge in [-0.05, 0) is 32.8 Å². The fraction of sp³-hybridized carbons (Fsp3) is 0.579. The van der Waals surface area contributed by atoms with Crippen LogP contribution in [0.25, 0.3) is 0 Å². The van der Waals surface area contributed by atoms with Gasteiger partial charge in [0.1, 0.15) is 5.60 Å². The summed E-state index contributed by atoms with van der Waals surface area (Å²) in [7, 11) is 0. The molecule has 2 atom stereocenters. The molecule has 1 aromatic rings. The number of carbonyl (C=O) groups is 2. The Balaban J connectivity index is 1.93. The predicted octanol–water partition coefficient (Wildman–Crippen LogP) is 3.34. The van der Waals surface area contributed by atoms with E-state index in [1.54, 1.807) is 0 Å². The zero-order valence-corrected chi connectivity index (χ0v) is 15.0. The Bertz CT molecular complexity index is 566. The van der Waals surface area contributed by atoms with Crippen LogP contribution < -0.4 is 5.32 Å². The Morgan fingerprint density at radius 3 is 2.58 bits per heavy atom. The van der Waals surface area contributed by atoms with E-state index in [9.17, 15) is 9.59 Å². The number of likely N-dealkylation sites (tertiary alicyclic amines) is 1. The fourth-order valence-corrected chi connectivity index (χ4v) is 3.04. The number of nitrogens with one attached hydrogen (secondary N) is 1. The zero-order chi connectivity index (χ0) is 17.7. The van der Waals surface area contributed by atoms with Crippen molar-refractivity contribution >= 4 is 12.0 Å². The van der Waals surface area contributed by atoms with Crippen molar-refractivity contribution in [2.75, 3.05) is 6.54 Å². The summed E-state index contributed by atoms with van der Waals surface area (Å²) >= 11 is 0. The second kappa shape index (κ2) is 7.69. The largest absolute Gasteiger partial charge is 0.444 e. The summed E-state index contributed by atoms with van der Waals surface area (Å²) in [5.41, 5.74) is 0.604. The lowest BCUT2D eigenvalue weighted by molar-refractivity contribution is -0.128. The van der Waals surface area contributed by atoms with Gasteiger partial charge in [0.05, 0.1) is 0 Å². The van der Waals surface area contributed by atoms with Crippen LogP contribution in [0.1, 0.15) is 46.1 Å². The second-order valence-corrected chi connectivity index (χ2v) is 7.39. The molecule has 0 bridgehead atoms. The van der Waals surface area contributed by atoms with Crippen molar-refractivity contribution in [3.63, 3.8) is 0 Å². The highest BCUT2D eigenvalue weighted by Gasteiger charge is 2.35. The molecule has 1 aromatic carbocycles. The molecule has 2 rings (SSSR count). The van der Waals surface area contributed by atoms with E-state index in [1.165, 1.54) is 0 Å². The molecule has 24 heavy (non-hydrogen) atoms. The van der Waals surface area contributed by atoms with Crippen molar-refractivity contribution in [3.05, 3.63) is 35.9 Å². The van der Waals surface area contributed by atoms with Gasteiger partial charge in [-0.2, -0.15) is 0 Å². The van der Waals surface area contributed by atoms with Gasteiger partial charge >= 0.3 is 6.09 Å². The molecule has 0 unspecified atom stereocenters. The highest BCUT2D eigenvalue weighted by Crippen LogP contribution is 2.24. The second-order valence-electron chi connectivity index (χ2n) is 7.39. The maximum atomic E-state index is 12.3. The molecule has 0 aliphatic carbocycles. The van der Waals surface area contributed by atoms with Crippen molar-refractivity contribution in [2.24, 2.45) is 5.92 Å². The molecule has 1 fully saturated rings. The highest BCUT2D eigenvalue weighted by atomic mass is 16.6. The molecule has 5 heteroatoms. The van der Waals surface area contributed by atoms with E-state index in [-0.39, 0.29) is 17.9 Å². The molecular weight excluding hydrogens is 304 g/mol. The van der Waals surface area contributed by atoms with Crippen molar-refractivity contribution in [1.82, 2.24) is 10.2 Å². The van der Waals surface area contributed by atoms with E-state index in [4.69, 9.17) is 4.74 Å². The van der Waals surface area contributed by atoms with E-state index >= 15 is 0 Å². The first-order chi connectivity index (χ1) is 11.3. The van der Waals surface area contributed by atoms with Gasteiger partial charge in [0.25, 0.3) is 0 Å². The smallest absolute Gasteiger partial charge is 0.407 e. The minimum absolute atomic E-state index is 0.0513. The average Bonchev–Trinajstić information content (AvgIpc) is 2.85. The lowest BCUT2D eigenvalue weighted by atomic mass is 9.97. The van der Waals surface area contributed by atoms with Crippen molar-refractivity contribution < 1.29 is 14.3 Å². The highest BCUT2D eigenvalue weighted by molar-refractivity contribution is 5.79. The van der Waals surface area contributed by atoms with E-state index in [0.717, 1.165) is 12.0 Å². The van der Waals surface area contributed by atoms with Crippen molar-refractivity contribution in [2.45, 2.75) is 58.7 Å². The minimum atomic E-state index is -0.521. The number of hydrogen-bond acceptors (Lipinski definition) is 3. The molecule has 0 saturated carbocycles. The third-order valence-corrected chi connectivity index (χ3v) is 4.17. The molecule has 0 aromatic heterocycles. The summed E-state index contributed by atoms with van der Waals surface area (Å²) in [6, 6.07) is 9.92. The lowest BCUT2D eigenvalue weighted by Gasteiger charge is -2.26. The zero-order valence-electron chi connectivity index (χ0n) is 15.0. The van der Waals surface area contributed by atoms with Crippen molar-refractivity contribution in [1.29, 1.82) is 0 Å². The van der Waals surface area contributed by atoms with Crippen LogP contribution >= 0.6 is 0 Å². The number of amides is 2. The van der Waals surface area contributed by atoms with Gasteiger partial charge in [-0.25, -0.2) is 4.79 Å². The van der Waals surface area contributed by atoms with Crippen LogP contribution in [0.15, 0.2) is 30.3 Å². The quantitative estimate of drug-likeness (QED) is 0.899. The number of hydrogen-bond donors (Lipinski definition) is 1. The van der Waals surface area contributed by atoms with Crippen LogP contribution in [-0.4, -0.2) is 35.1 Å². The number of benzene rings is 1. The summed E-state index contributed by atoms with van der Waals surface area (Å²) in [4.78, 5) is 26.2. The number of nitrogens with zero attached hydrogens (tertiary/aromatic N) is 1. The Morgan fingerprint density at radius 2 is 2.00 bits per heavy atom. The van der Waals surface area contributed by atoms with E-state index in [0.29, 0.717) is 19.5 Å². The van der Waals surface area contributed by atoms with E-state index in [1.807, 2.05) is 62.9 Å². The third-order valence-electron chi connectivity index (χ3n) is 4.17. The van der Waals surface area contributed by atoms with E-state index in [2.05, 4.69) is 5.32 Å². The van der Waals surface area contributed by atoms with Crippen LogP contribution in [0.4, 0.5) is 4.79 Å². The normalized spacial score (nSPS) is 19.2. The van der Waals surface area contributed by atoms with Gasteiger partial charge in [-0.15, -0.1) is 0 Å². The third kappa shape index (κ3) is 5.25. The number of carbonyl (C=O) groups excluding carboxylic acids is 2. The number of ether oxygens (including phenoxy) is 1. The van der Waals surface area contributed by atoms with Gasteiger partial charge < -0.3 is 15.0 Å². The maximum Gasteiger partial charge on any atom is 0.407 e. The van der Waals surface area contributed by atoms with Gasteiger partial charge in [0.15, 0.2) is 0 Å². The fourth-order valence-electron chi connectivity index (χ4n) is 3.04. The lowest BCUT2D eigenvalue weighted by Crippen LogP contribution is -2.43. The average molecular weight is 332 g/mol. The SMILES string of the molecule is CC[C@H](NC(=O)OC(C)(C)C)[C@H]1CC(=O)N(Cc2ccccc2)C1.